The van der Waals surface area contributed by atoms with E-state index in [4.69, 9.17) is 0 Å². The molecule has 0 spiro atoms. The molecule has 0 aromatic heterocycles. The minimum atomic E-state index is -4.10. The minimum Gasteiger partial charge on any atom is -0.207 e. The van der Waals surface area contributed by atoms with Crippen LogP contribution in [0.4, 0.5) is 0 Å². The Hall–Kier alpha value is -2.61. The molecule has 0 unspecified atom stereocenters. The molecule has 0 bridgehead atoms. The fourth-order valence-corrected chi connectivity index (χ4v) is 8.00. The highest BCUT2D eigenvalue weighted by atomic mass is 32.2. The van der Waals surface area contributed by atoms with Crippen LogP contribution in [0.5, 0.6) is 0 Å². The first kappa shape index (κ1) is 30.9. The van der Waals surface area contributed by atoms with E-state index in [2.05, 4.69) is 9.44 Å². The van der Waals surface area contributed by atoms with E-state index in [0.717, 1.165) is 21.0 Å². The fourth-order valence-electron chi connectivity index (χ4n) is 3.92. The van der Waals surface area contributed by atoms with Crippen molar-refractivity contribution in [2.75, 3.05) is 13.1 Å². The van der Waals surface area contributed by atoms with Gasteiger partial charge in [0.15, 0.2) is 0 Å². The van der Waals surface area contributed by atoms with E-state index in [-0.39, 0.29) is 27.8 Å². The van der Waals surface area contributed by atoms with Gasteiger partial charge in [0.05, 0.1) is 14.7 Å². The van der Waals surface area contributed by atoms with Crippen LogP contribution in [0, 0.1) is 20.8 Å². The summed E-state index contributed by atoms with van der Waals surface area (Å²) >= 11 is 0. The molecule has 0 amide bonds. The van der Waals surface area contributed by atoms with Gasteiger partial charge in [-0.15, -0.1) is 0 Å². The van der Waals surface area contributed by atoms with E-state index in [1.807, 2.05) is 20.8 Å². The van der Waals surface area contributed by atoms with Crippen molar-refractivity contribution in [2.45, 2.75) is 61.4 Å². The molecule has 3 aromatic rings. The lowest BCUT2D eigenvalue weighted by Gasteiger charge is -2.28. The van der Waals surface area contributed by atoms with E-state index in [0.29, 0.717) is 0 Å². The van der Waals surface area contributed by atoms with Gasteiger partial charge in [-0.05, 0) is 71.0 Å². The van der Waals surface area contributed by atoms with Gasteiger partial charge >= 0.3 is 0 Å². The maximum Gasteiger partial charge on any atom is 0.243 e. The number of rotatable bonds is 12. The molecule has 212 valence electrons. The second kappa shape index (κ2) is 12.3. The number of aryl methyl sites for hydroxylation is 3. The van der Waals surface area contributed by atoms with Crippen LogP contribution in [0.1, 0.15) is 30.5 Å². The summed E-state index contributed by atoms with van der Waals surface area (Å²) in [5.74, 6) is 0. The van der Waals surface area contributed by atoms with Gasteiger partial charge in [0.2, 0.25) is 30.1 Å². The van der Waals surface area contributed by atoms with Crippen molar-refractivity contribution in [2.24, 2.45) is 0 Å². The van der Waals surface area contributed by atoms with Crippen molar-refractivity contribution >= 4 is 30.1 Å². The molecule has 0 heterocycles. The van der Waals surface area contributed by atoms with Gasteiger partial charge in [0.25, 0.3) is 0 Å². The van der Waals surface area contributed by atoms with Crippen molar-refractivity contribution in [3.05, 3.63) is 89.5 Å². The normalized spacial score (nSPS) is 14.3. The molecule has 0 saturated carbocycles. The van der Waals surface area contributed by atoms with E-state index in [1.54, 1.807) is 50.2 Å². The first-order chi connectivity index (χ1) is 18.1. The van der Waals surface area contributed by atoms with Gasteiger partial charge in [0.1, 0.15) is 0 Å². The van der Waals surface area contributed by atoms with E-state index < -0.39 is 42.2 Å². The molecular formula is C27H35N3O6S3. The Labute approximate surface area is 232 Å². The van der Waals surface area contributed by atoms with Crippen molar-refractivity contribution in [3.63, 3.8) is 0 Å². The zero-order chi connectivity index (χ0) is 29.0. The Morgan fingerprint density at radius 1 is 0.538 bits per heavy atom. The summed E-state index contributed by atoms with van der Waals surface area (Å²) in [6, 6.07) is 17.3. The Bertz CT molecular complexity index is 1500. The average Bonchev–Trinajstić information content (AvgIpc) is 2.83. The molecule has 9 nitrogen and oxygen atoms in total. The Morgan fingerprint density at radius 2 is 0.821 bits per heavy atom. The highest BCUT2D eigenvalue weighted by Gasteiger charge is 2.30. The highest BCUT2D eigenvalue weighted by molar-refractivity contribution is 7.90. The first-order valence-corrected chi connectivity index (χ1v) is 16.8. The van der Waals surface area contributed by atoms with Gasteiger partial charge in [-0.25, -0.2) is 34.7 Å². The standard InChI is InChI=1S/C27H35N3O6S3/c1-20-6-12-25(13-7-20)37(31,32)28-23(4)18-30(39(35,36)27-16-10-22(3)11-17-27)19-24(5)29-38(33,34)26-14-8-21(2)9-15-26/h6-17,23-24,28-29H,18-19H2,1-5H3/t23-,24-/m0/s1. The molecule has 12 heteroatoms. The van der Waals surface area contributed by atoms with Crippen LogP contribution >= 0.6 is 0 Å². The number of hydrogen-bond acceptors (Lipinski definition) is 6. The topological polar surface area (TPSA) is 130 Å². The number of hydrogen-bond donors (Lipinski definition) is 2. The summed E-state index contributed by atoms with van der Waals surface area (Å²) in [7, 11) is -11.9. The Kier molecular flexibility index (Phi) is 9.73. The third-order valence-corrected chi connectivity index (χ3v) is 11.0. The van der Waals surface area contributed by atoms with Crippen molar-refractivity contribution in [3.8, 4) is 0 Å². The maximum atomic E-state index is 13.6. The van der Waals surface area contributed by atoms with Crippen molar-refractivity contribution in [1.82, 2.24) is 13.7 Å². The molecule has 0 radical (unpaired) electrons. The molecule has 0 saturated heterocycles. The van der Waals surface area contributed by atoms with Gasteiger partial charge < -0.3 is 0 Å². The van der Waals surface area contributed by atoms with E-state index in [9.17, 15) is 25.3 Å². The average molecular weight is 594 g/mol. The summed E-state index contributed by atoms with van der Waals surface area (Å²) in [5, 5.41) is 0. The summed E-state index contributed by atoms with van der Waals surface area (Å²) in [6.45, 7) is 8.19. The maximum absolute atomic E-state index is 13.6. The third kappa shape index (κ3) is 8.19. The van der Waals surface area contributed by atoms with Crippen molar-refractivity contribution < 1.29 is 25.3 Å². The van der Waals surface area contributed by atoms with Gasteiger partial charge in [0, 0.05) is 25.2 Å². The summed E-state index contributed by atoms with van der Waals surface area (Å²) in [6.07, 6.45) is 0. The second-order valence-electron chi connectivity index (χ2n) is 9.81. The molecule has 0 aliphatic rings. The Morgan fingerprint density at radius 3 is 1.13 bits per heavy atom. The van der Waals surface area contributed by atoms with E-state index >= 15 is 0 Å². The molecule has 2 N–H and O–H groups in total. The molecule has 2 atom stereocenters. The van der Waals surface area contributed by atoms with Crippen molar-refractivity contribution in [1.29, 1.82) is 0 Å². The summed E-state index contributed by atoms with van der Waals surface area (Å²) in [4.78, 5) is 0.148. The lowest BCUT2D eigenvalue weighted by Crippen LogP contribution is -2.49. The van der Waals surface area contributed by atoms with Gasteiger partial charge in [-0.1, -0.05) is 53.1 Å². The minimum absolute atomic E-state index is 0.0234. The second-order valence-corrected chi connectivity index (χ2v) is 15.2. The first-order valence-electron chi connectivity index (χ1n) is 12.3. The lowest BCUT2D eigenvalue weighted by molar-refractivity contribution is 0.356. The zero-order valence-electron chi connectivity index (χ0n) is 22.6. The summed E-state index contributed by atoms with van der Waals surface area (Å²) in [5.41, 5.74) is 2.68. The van der Waals surface area contributed by atoms with Crippen LogP contribution in [0.2, 0.25) is 0 Å². The Balaban J connectivity index is 1.85. The van der Waals surface area contributed by atoms with Crippen LogP contribution in [0.15, 0.2) is 87.5 Å². The summed E-state index contributed by atoms with van der Waals surface area (Å²) < 4.78 is 85.1. The molecule has 3 rings (SSSR count). The van der Waals surface area contributed by atoms with Gasteiger partial charge in [-0.2, -0.15) is 4.31 Å². The lowest BCUT2D eigenvalue weighted by atomic mass is 10.2. The predicted octanol–water partition coefficient (Wildman–Crippen LogP) is 3.34. The third-order valence-electron chi connectivity index (χ3n) is 5.99. The van der Waals surface area contributed by atoms with Crippen LogP contribution < -0.4 is 9.44 Å². The van der Waals surface area contributed by atoms with Crippen LogP contribution in [-0.4, -0.2) is 54.7 Å². The number of benzene rings is 3. The largest absolute Gasteiger partial charge is 0.243 e. The quantitative estimate of drug-likeness (QED) is 0.331. The highest BCUT2D eigenvalue weighted by Crippen LogP contribution is 2.19. The molecule has 0 aliphatic carbocycles. The van der Waals surface area contributed by atoms with E-state index in [1.165, 1.54) is 36.4 Å². The molecule has 0 fully saturated rings. The zero-order valence-corrected chi connectivity index (χ0v) is 25.1. The van der Waals surface area contributed by atoms with Crippen LogP contribution in [-0.2, 0) is 30.1 Å². The fraction of sp³-hybridized carbons (Fsp3) is 0.333. The molecular weight excluding hydrogens is 559 g/mol. The predicted molar refractivity (Wildman–Crippen MR) is 152 cm³/mol. The SMILES string of the molecule is Cc1ccc(S(=O)(=O)N[C@@H](C)CN(C[C@H](C)NS(=O)(=O)c2ccc(C)cc2)S(=O)(=O)c2ccc(C)cc2)cc1. The van der Waals surface area contributed by atoms with Crippen LogP contribution in [0.3, 0.4) is 0 Å². The molecule has 39 heavy (non-hydrogen) atoms. The smallest absolute Gasteiger partial charge is 0.207 e. The number of sulfonamides is 3. The number of nitrogens with zero attached hydrogens (tertiary/aromatic N) is 1. The van der Waals surface area contributed by atoms with Gasteiger partial charge in [-0.3, -0.25) is 0 Å². The monoisotopic (exact) mass is 593 g/mol. The number of nitrogens with one attached hydrogen (secondary N) is 2. The molecule has 3 aromatic carbocycles. The molecule has 0 aliphatic heterocycles. The van der Waals surface area contributed by atoms with Crippen LogP contribution in [0.25, 0.3) is 0 Å².